The van der Waals surface area contributed by atoms with Crippen molar-refractivity contribution in [1.82, 2.24) is 5.32 Å². The summed E-state index contributed by atoms with van der Waals surface area (Å²) in [5.74, 6) is 2.65. The van der Waals surface area contributed by atoms with Crippen molar-refractivity contribution in [3.8, 4) is 0 Å². The van der Waals surface area contributed by atoms with Crippen molar-refractivity contribution in [1.29, 1.82) is 0 Å². The average molecular weight is 241 g/mol. The van der Waals surface area contributed by atoms with Crippen LogP contribution in [0, 0.1) is 17.8 Å². The molecule has 0 amide bonds. The van der Waals surface area contributed by atoms with Gasteiger partial charge in [-0.1, -0.05) is 20.8 Å². The Balaban J connectivity index is 2.37. The van der Waals surface area contributed by atoms with E-state index in [1.807, 2.05) is 7.11 Å². The molecule has 0 spiro atoms. The van der Waals surface area contributed by atoms with Crippen LogP contribution in [0.25, 0.3) is 0 Å². The Bertz CT molecular complexity index is 185. The molecule has 0 aromatic carbocycles. The fourth-order valence-corrected chi connectivity index (χ4v) is 3.08. The highest BCUT2D eigenvalue weighted by atomic mass is 16.5. The van der Waals surface area contributed by atoms with E-state index in [2.05, 4.69) is 26.1 Å². The van der Waals surface area contributed by atoms with Crippen molar-refractivity contribution in [2.24, 2.45) is 17.8 Å². The molecule has 1 fully saturated rings. The Morgan fingerprint density at radius 3 is 2.18 bits per heavy atom. The summed E-state index contributed by atoms with van der Waals surface area (Å²) >= 11 is 0. The van der Waals surface area contributed by atoms with E-state index in [9.17, 15) is 0 Å². The van der Waals surface area contributed by atoms with Gasteiger partial charge in [0.05, 0.1) is 6.61 Å². The zero-order chi connectivity index (χ0) is 12.7. The highest BCUT2D eigenvalue weighted by molar-refractivity contribution is 4.82. The Morgan fingerprint density at radius 2 is 1.71 bits per heavy atom. The average Bonchev–Trinajstić information content (AvgIpc) is 2.34. The number of nitrogens with one attached hydrogen (secondary N) is 1. The molecule has 1 atom stereocenters. The first kappa shape index (κ1) is 15.0. The first-order valence-electron chi connectivity index (χ1n) is 7.41. The van der Waals surface area contributed by atoms with Gasteiger partial charge in [-0.2, -0.15) is 0 Å². The number of hydrogen-bond acceptors (Lipinski definition) is 2. The third kappa shape index (κ3) is 4.97. The maximum absolute atomic E-state index is 5.37. The summed E-state index contributed by atoms with van der Waals surface area (Å²) in [5, 5.41) is 3.66. The summed E-state index contributed by atoms with van der Waals surface area (Å²) in [6.07, 6.45) is 6.80. The van der Waals surface area contributed by atoms with E-state index >= 15 is 0 Å². The van der Waals surface area contributed by atoms with Crippen molar-refractivity contribution in [2.75, 3.05) is 20.3 Å². The number of rotatable bonds is 7. The Labute approximate surface area is 108 Å². The van der Waals surface area contributed by atoms with Gasteiger partial charge in [-0.05, 0) is 56.4 Å². The second-order valence-electron chi connectivity index (χ2n) is 5.93. The molecule has 1 saturated carbocycles. The molecule has 0 bridgehead atoms. The monoisotopic (exact) mass is 241 g/mol. The van der Waals surface area contributed by atoms with Gasteiger partial charge in [0.1, 0.15) is 0 Å². The molecular formula is C15H31NO. The van der Waals surface area contributed by atoms with Crippen molar-refractivity contribution in [2.45, 2.75) is 58.9 Å². The minimum atomic E-state index is 0.577. The molecule has 102 valence electrons. The van der Waals surface area contributed by atoms with Gasteiger partial charge in [0.25, 0.3) is 0 Å². The molecule has 2 heteroatoms. The SMILES string of the molecule is CCCNC(COC)C1CCC(C(C)C)CC1. The fraction of sp³-hybridized carbons (Fsp3) is 1.00. The van der Waals surface area contributed by atoms with E-state index in [1.54, 1.807) is 0 Å². The number of ether oxygens (including phenoxy) is 1. The summed E-state index contributed by atoms with van der Waals surface area (Å²) in [4.78, 5) is 0. The summed E-state index contributed by atoms with van der Waals surface area (Å²) in [5.41, 5.74) is 0. The third-order valence-corrected chi connectivity index (χ3v) is 4.33. The summed E-state index contributed by atoms with van der Waals surface area (Å²) in [7, 11) is 1.82. The lowest BCUT2D eigenvalue weighted by atomic mass is 9.74. The predicted octanol–water partition coefficient (Wildman–Crippen LogP) is 3.46. The van der Waals surface area contributed by atoms with Gasteiger partial charge in [-0.25, -0.2) is 0 Å². The van der Waals surface area contributed by atoms with Gasteiger partial charge in [-0.15, -0.1) is 0 Å². The van der Waals surface area contributed by atoms with Crippen LogP contribution < -0.4 is 5.32 Å². The second kappa shape index (κ2) is 8.10. The van der Waals surface area contributed by atoms with E-state index in [4.69, 9.17) is 4.74 Å². The lowest BCUT2D eigenvalue weighted by molar-refractivity contribution is 0.110. The van der Waals surface area contributed by atoms with Crippen LogP contribution >= 0.6 is 0 Å². The van der Waals surface area contributed by atoms with Gasteiger partial charge in [0.15, 0.2) is 0 Å². The van der Waals surface area contributed by atoms with Crippen molar-refractivity contribution >= 4 is 0 Å². The molecule has 1 aliphatic rings. The minimum Gasteiger partial charge on any atom is -0.383 e. The normalized spacial score (nSPS) is 27.4. The largest absolute Gasteiger partial charge is 0.383 e. The predicted molar refractivity (Wildman–Crippen MR) is 74.2 cm³/mol. The number of hydrogen-bond donors (Lipinski definition) is 1. The molecule has 0 heterocycles. The van der Waals surface area contributed by atoms with Crippen LogP contribution in [0.4, 0.5) is 0 Å². The van der Waals surface area contributed by atoms with Gasteiger partial charge < -0.3 is 10.1 Å². The molecule has 0 saturated heterocycles. The van der Waals surface area contributed by atoms with Crippen molar-refractivity contribution in [3.63, 3.8) is 0 Å². The highest BCUT2D eigenvalue weighted by Crippen LogP contribution is 2.34. The van der Waals surface area contributed by atoms with Crippen LogP contribution in [-0.2, 0) is 4.74 Å². The van der Waals surface area contributed by atoms with E-state index in [0.717, 1.165) is 30.9 Å². The summed E-state index contributed by atoms with van der Waals surface area (Å²) < 4.78 is 5.37. The molecule has 0 aromatic heterocycles. The molecular weight excluding hydrogens is 210 g/mol. The Morgan fingerprint density at radius 1 is 1.12 bits per heavy atom. The lowest BCUT2D eigenvalue weighted by Crippen LogP contribution is -2.42. The second-order valence-corrected chi connectivity index (χ2v) is 5.93. The van der Waals surface area contributed by atoms with E-state index in [-0.39, 0.29) is 0 Å². The molecule has 0 radical (unpaired) electrons. The molecule has 0 aromatic rings. The van der Waals surface area contributed by atoms with Gasteiger partial charge in [-0.3, -0.25) is 0 Å². The van der Waals surface area contributed by atoms with E-state index in [1.165, 1.54) is 32.1 Å². The molecule has 1 aliphatic carbocycles. The fourth-order valence-electron chi connectivity index (χ4n) is 3.08. The topological polar surface area (TPSA) is 21.3 Å². The van der Waals surface area contributed by atoms with Crippen LogP contribution in [-0.4, -0.2) is 26.3 Å². The van der Waals surface area contributed by atoms with Gasteiger partial charge in [0.2, 0.25) is 0 Å². The van der Waals surface area contributed by atoms with Crippen LogP contribution in [0.3, 0.4) is 0 Å². The highest BCUT2D eigenvalue weighted by Gasteiger charge is 2.28. The van der Waals surface area contributed by atoms with Crippen LogP contribution in [0.1, 0.15) is 52.9 Å². The summed E-state index contributed by atoms with van der Waals surface area (Å²) in [6.45, 7) is 8.96. The number of methoxy groups -OCH3 is 1. The Kier molecular flexibility index (Phi) is 7.14. The first-order valence-corrected chi connectivity index (χ1v) is 7.41. The van der Waals surface area contributed by atoms with E-state index in [0.29, 0.717) is 6.04 Å². The van der Waals surface area contributed by atoms with Crippen molar-refractivity contribution in [3.05, 3.63) is 0 Å². The zero-order valence-corrected chi connectivity index (χ0v) is 12.2. The maximum atomic E-state index is 5.37. The van der Waals surface area contributed by atoms with Crippen LogP contribution in [0.2, 0.25) is 0 Å². The van der Waals surface area contributed by atoms with Crippen molar-refractivity contribution < 1.29 is 4.74 Å². The smallest absolute Gasteiger partial charge is 0.0618 e. The molecule has 1 N–H and O–H groups in total. The third-order valence-electron chi connectivity index (χ3n) is 4.33. The molecule has 2 nitrogen and oxygen atoms in total. The molecule has 0 aliphatic heterocycles. The first-order chi connectivity index (χ1) is 8.19. The maximum Gasteiger partial charge on any atom is 0.0618 e. The minimum absolute atomic E-state index is 0.577. The zero-order valence-electron chi connectivity index (χ0n) is 12.2. The van der Waals surface area contributed by atoms with Crippen LogP contribution in [0.15, 0.2) is 0 Å². The lowest BCUT2D eigenvalue weighted by Gasteiger charge is -2.35. The van der Waals surface area contributed by atoms with Crippen LogP contribution in [0.5, 0.6) is 0 Å². The molecule has 1 unspecified atom stereocenters. The Hall–Kier alpha value is -0.0800. The van der Waals surface area contributed by atoms with Gasteiger partial charge >= 0.3 is 0 Å². The van der Waals surface area contributed by atoms with Gasteiger partial charge in [0, 0.05) is 13.2 Å². The quantitative estimate of drug-likeness (QED) is 0.737. The summed E-state index contributed by atoms with van der Waals surface area (Å²) in [6, 6.07) is 0.577. The standard InChI is InChI=1S/C15H31NO/c1-5-10-16-15(11-17-4)14-8-6-13(7-9-14)12(2)3/h12-16H,5-11H2,1-4H3. The molecule has 17 heavy (non-hydrogen) atoms. The van der Waals surface area contributed by atoms with E-state index < -0.39 is 0 Å². The molecule has 1 rings (SSSR count).